The number of anilines is 1. The number of carbonyl (C=O) groups excluding carboxylic acids is 1. The Hall–Kier alpha value is -3.02. The van der Waals surface area contributed by atoms with Gasteiger partial charge in [-0.1, -0.05) is 12.1 Å². The Bertz CT molecular complexity index is 844. The molecule has 3 aromatic rings. The average Bonchev–Trinajstić information content (AvgIpc) is 3.05. The van der Waals surface area contributed by atoms with Crippen LogP contribution < -0.4 is 5.32 Å². The number of hydrogen-bond donors (Lipinski definition) is 1. The number of oxazole rings is 1. The molecule has 0 radical (unpaired) electrons. The topological polar surface area (TPSA) is 55.1 Å². The molecule has 6 heteroatoms. The van der Waals surface area contributed by atoms with E-state index in [-0.39, 0.29) is 30.3 Å². The van der Waals surface area contributed by atoms with Crippen molar-refractivity contribution in [2.24, 2.45) is 0 Å². The lowest BCUT2D eigenvalue weighted by Crippen LogP contribution is -2.13. The predicted molar refractivity (Wildman–Crippen MR) is 85.2 cm³/mol. The number of benzene rings is 2. The number of para-hydroxylation sites is 1. The van der Waals surface area contributed by atoms with Crippen LogP contribution in [0.15, 0.2) is 59.1 Å². The summed E-state index contributed by atoms with van der Waals surface area (Å²) >= 11 is 0. The maximum Gasteiger partial charge on any atom is 0.224 e. The van der Waals surface area contributed by atoms with Gasteiger partial charge in [-0.2, -0.15) is 0 Å². The van der Waals surface area contributed by atoms with Crippen LogP contribution in [-0.2, 0) is 11.2 Å². The quantitative estimate of drug-likeness (QED) is 0.764. The highest BCUT2D eigenvalue weighted by molar-refractivity contribution is 5.90. The van der Waals surface area contributed by atoms with Crippen LogP contribution in [0, 0.1) is 11.6 Å². The second-order valence-corrected chi connectivity index (χ2v) is 5.15. The van der Waals surface area contributed by atoms with Crippen molar-refractivity contribution in [3.63, 3.8) is 0 Å². The van der Waals surface area contributed by atoms with Crippen LogP contribution in [0.5, 0.6) is 0 Å². The van der Waals surface area contributed by atoms with Crippen molar-refractivity contribution in [1.29, 1.82) is 0 Å². The Morgan fingerprint density at radius 3 is 2.58 bits per heavy atom. The number of aromatic nitrogens is 1. The van der Waals surface area contributed by atoms with Gasteiger partial charge in [0.15, 0.2) is 11.7 Å². The minimum Gasteiger partial charge on any atom is -0.441 e. The van der Waals surface area contributed by atoms with Crippen molar-refractivity contribution in [3.8, 4) is 11.3 Å². The molecule has 24 heavy (non-hydrogen) atoms. The third kappa shape index (κ3) is 3.84. The van der Waals surface area contributed by atoms with Crippen LogP contribution in [0.25, 0.3) is 11.3 Å². The van der Waals surface area contributed by atoms with Crippen LogP contribution in [-0.4, -0.2) is 10.9 Å². The van der Waals surface area contributed by atoms with Crippen LogP contribution in [0.2, 0.25) is 0 Å². The van der Waals surface area contributed by atoms with Gasteiger partial charge in [-0.05, 0) is 36.4 Å². The zero-order valence-electron chi connectivity index (χ0n) is 12.6. The smallest absolute Gasteiger partial charge is 0.224 e. The maximum absolute atomic E-state index is 13.5. The average molecular weight is 328 g/mol. The third-order valence-electron chi connectivity index (χ3n) is 3.40. The molecule has 0 aliphatic carbocycles. The van der Waals surface area contributed by atoms with Crippen molar-refractivity contribution in [3.05, 3.63) is 72.3 Å². The first-order valence-corrected chi connectivity index (χ1v) is 7.37. The fourth-order valence-electron chi connectivity index (χ4n) is 2.17. The number of carbonyl (C=O) groups is 1. The van der Waals surface area contributed by atoms with Gasteiger partial charge >= 0.3 is 0 Å². The highest BCUT2D eigenvalue weighted by Gasteiger charge is 2.10. The van der Waals surface area contributed by atoms with Crippen LogP contribution in [0.4, 0.5) is 14.5 Å². The molecule has 1 amide bonds. The van der Waals surface area contributed by atoms with Gasteiger partial charge in [0.05, 0.1) is 11.9 Å². The van der Waals surface area contributed by atoms with E-state index in [9.17, 15) is 13.6 Å². The molecule has 0 bridgehead atoms. The first-order chi connectivity index (χ1) is 11.6. The Balaban J connectivity index is 1.58. The SMILES string of the molecule is O=C(CCc1ncc(-c2ccc(F)cc2)o1)Nc1ccccc1F. The van der Waals surface area contributed by atoms with Crippen LogP contribution in [0.3, 0.4) is 0 Å². The summed E-state index contributed by atoms with van der Waals surface area (Å²) in [4.78, 5) is 16.0. The second-order valence-electron chi connectivity index (χ2n) is 5.15. The molecule has 1 N–H and O–H groups in total. The van der Waals surface area contributed by atoms with E-state index in [2.05, 4.69) is 10.3 Å². The van der Waals surface area contributed by atoms with Gasteiger partial charge in [-0.15, -0.1) is 0 Å². The van der Waals surface area contributed by atoms with Gasteiger partial charge in [-0.3, -0.25) is 4.79 Å². The van der Waals surface area contributed by atoms with E-state index in [0.29, 0.717) is 17.2 Å². The lowest BCUT2D eigenvalue weighted by atomic mass is 10.2. The number of halogens is 2. The van der Waals surface area contributed by atoms with Gasteiger partial charge in [0.1, 0.15) is 11.6 Å². The summed E-state index contributed by atoms with van der Waals surface area (Å²) in [5.74, 6) is -0.261. The summed E-state index contributed by atoms with van der Waals surface area (Å²) in [6, 6.07) is 11.8. The van der Waals surface area contributed by atoms with E-state index in [1.54, 1.807) is 24.3 Å². The molecule has 0 saturated carbocycles. The molecule has 0 fully saturated rings. The summed E-state index contributed by atoms with van der Waals surface area (Å²) in [5.41, 5.74) is 0.841. The molecule has 0 aliphatic heterocycles. The van der Waals surface area contributed by atoms with Crippen molar-refractivity contribution in [2.75, 3.05) is 5.32 Å². The van der Waals surface area contributed by atoms with E-state index in [1.165, 1.54) is 30.5 Å². The van der Waals surface area contributed by atoms with Gasteiger partial charge in [0.25, 0.3) is 0 Å². The lowest BCUT2D eigenvalue weighted by Gasteiger charge is -2.04. The Morgan fingerprint density at radius 2 is 1.83 bits per heavy atom. The molecule has 2 aromatic carbocycles. The predicted octanol–water partition coefficient (Wildman–Crippen LogP) is 4.19. The number of aryl methyl sites for hydroxylation is 1. The van der Waals surface area contributed by atoms with Gasteiger partial charge < -0.3 is 9.73 Å². The summed E-state index contributed by atoms with van der Waals surface area (Å²) in [5, 5.41) is 2.50. The van der Waals surface area contributed by atoms with Crippen LogP contribution in [0.1, 0.15) is 12.3 Å². The van der Waals surface area contributed by atoms with Gasteiger partial charge in [0, 0.05) is 18.4 Å². The molecule has 0 saturated heterocycles. The number of nitrogens with zero attached hydrogens (tertiary/aromatic N) is 1. The summed E-state index contributed by atoms with van der Waals surface area (Å²) in [7, 11) is 0. The van der Waals surface area contributed by atoms with E-state index < -0.39 is 5.82 Å². The summed E-state index contributed by atoms with van der Waals surface area (Å²) in [6.07, 6.45) is 1.91. The normalized spacial score (nSPS) is 10.6. The highest BCUT2D eigenvalue weighted by Crippen LogP contribution is 2.21. The summed E-state index contributed by atoms with van der Waals surface area (Å²) in [6.45, 7) is 0. The first kappa shape index (κ1) is 15.9. The minimum absolute atomic E-state index is 0.109. The Kier molecular flexibility index (Phi) is 4.65. The fraction of sp³-hybridized carbons (Fsp3) is 0.111. The lowest BCUT2D eigenvalue weighted by molar-refractivity contribution is -0.116. The highest BCUT2D eigenvalue weighted by atomic mass is 19.1. The van der Waals surface area contributed by atoms with Gasteiger partial charge in [0.2, 0.25) is 5.91 Å². The number of amides is 1. The third-order valence-corrected chi connectivity index (χ3v) is 3.40. The molecule has 0 atom stereocenters. The van der Waals surface area contributed by atoms with Crippen molar-refractivity contribution >= 4 is 11.6 Å². The molecule has 1 aromatic heterocycles. The van der Waals surface area contributed by atoms with Crippen molar-refractivity contribution in [2.45, 2.75) is 12.8 Å². The monoisotopic (exact) mass is 328 g/mol. The number of rotatable bonds is 5. The molecule has 0 spiro atoms. The largest absolute Gasteiger partial charge is 0.441 e. The maximum atomic E-state index is 13.5. The molecule has 3 rings (SSSR count). The van der Waals surface area contributed by atoms with Crippen molar-refractivity contribution < 1.29 is 18.0 Å². The summed E-state index contributed by atoms with van der Waals surface area (Å²) < 4.78 is 31.9. The molecular weight excluding hydrogens is 314 g/mol. The Labute approximate surface area is 137 Å². The van der Waals surface area contributed by atoms with E-state index in [4.69, 9.17) is 4.42 Å². The second kappa shape index (κ2) is 7.04. The zero-order chi connectivity index (χ0) is 16.9. The number of hydrogen-bond acceptors (Lipinski definition) is 3. The minimum atomic E-state index is -0.486. The molecule has 0 aliphatic rings. The van der Waals surface area contributed by atoms with E-state index >= 15 is 0 Å². The zero-order valence-corrected chi connectivity index (χ0v) is 12.6. The molecule has 1 heterocycles. The van der Waals surface area contributed by atoms with E-state index in [1.807, 2.05) is 0 Å². The van der Waals surface area contributed by atoms with Crippen molar-refractivity contribution in [1.82, 2.24) is 4.98 Å². The first-order valence-electron chi connectivity index (χ1n) is 7.37. The number of nitrogens with one attached hydrogen (secondary N) is 1. The van der Waals surface area contributed by atoms with Gasteiger partial charge in [-0.25, -0.2) is 13.8 Å². The molecule has 122 valence electrons. The van der Waals surface area contributed by atoms with E-state index in [0.717, 1.165) is 0 Å². The fourth-order valence-corrected chi connectivity index (χ4v) is 2.17. The standard InChI is InChI=1S/C18H14F2N2O2/c19-13-7-5-12(6-8-13)16-11-21-18(24-16)10-9-17(23)22-15-4-2-1-3-14(15)20/h1-8,11H,9-10H2,(H,22,23). The molecule has 4 nitrogen and oxygen atoms in total. The molecule has 0 unspecified atom stereocenters. The Morgan fingerprint density at radius 1 is 1.08 bits per heavy atom. The van der Waals surface area contributed by atoms with Crippen LogP contribution >= 0.6 is 0 Å². The molecular formula is C18H14F2N2O2.